The van der Waals surface area contributed by atoms with Crippen molar-refractivity contribution in [2.45, 2.75) is 6.92 Å². The van der Waals surface area contributed by atoms with Crippen LogP contribution < -0.4 is 0 Å². The van der Waals surface area contributed by atoms with E-state index >= 15 is 0 Å². The van der Waals surface area contributed by atoms with Gasteiger partial charge in [-0.1, -0.05) is 6.58 Å². The maximum Gasteiger partial charge on any atom is 0.129 e. The second-order valence-corrected chi connectivity index (χ2v) is 1.30. The Morgan fingerprint density at radius 2 is 2.50 bits per heavy atom. The predicted octanol–water partition coefficient (Wildman–Crippen LogP) is 1.24. The highest BCUT2D eigenvalue weighted by molar-refractivity contribution is 5.74. The summed E-state index contributed by atoms with van der Waals surface area (Å²) in [6, 6.07) is 0. The van der Waals surface area contributed by atoms with Gasteiger partial charge in [-0.2, -0.15) is 0 Å². The second kappa shape index (κ2) is 4.37. The molecule has 0 saturated carbocycles. The molecule has 0 amide bonds. The lowest BCUT2D eigenvalue weighted by Crippen LogP contribution is -1.84. The molecule has 0 heterocycles. The fourth-order valence-corrected chi connectivity index (χ4v) is 0.246. The van der Waals surface area contributed by atoms with Crippen LogP contribution in [0.4, 0.5) is 0 Å². The molecule has 0 aliphatic heterocycles. The molecule has 0 unspecified atom stereocenters. The lowest BCUT2D eigenvalue weighted by atomic mass is 10.6. The average molecular weight is 113 g/mol. The highest BCUT2D eigenvalue weighted by Gasteiger charge is 1.77. The average Bonchev–Trinajstić information content (AvgIpc) is 1.83. The fraction of sp³-hybridized carbons (Fsp3) is 0.500. The fourth-order valence-electron chi connectivity index (χ4n) is 0.246. The molecule has 0 spiro atoms. The largest absolute Gasteiger partial charge is 0.496 e. The van der Waals surface area contributed by atoms with Crippen molar-refractivity contribution in [3.05, 3.63) is 12.3 Å². The summed E-state index contributed by atoms with van der Waals surface area (Å²) in [5, 5.41) is 0. The second-order valence-electron chi connectivity index (χ2n) is 1.30. The summed E-state index contributed by atoms with van der Waals surface area (Å²) in [5.74, 6) is 0.604. The molecule has 46 valence electrons. The molecule has 0 aliphatic carbocycles. The van der Waals surface area contributed by atoms with Crippen LogP contribution in [0, 0.1) is 0 Å². The van der Waals surface area contributed by atoms with Gasteiger partial charge < -0.3 is 4.74 Å². The molecule has 0 atom stereocenters. The van der Waals surface area contributed by atoms with Crippen LogP contribution in [-0.2, 0) is 4.74 Å². The standard InChI is InChI=1S/C6H11NO/c1-4-7-5-6(2)8-3/h5H,2,4H2,1,3H3/b7-5-. The third-order valence-electron chi connectivity index (χ3n) is 0.680. The van der Waals surface area contributed by atoms with Crippen LogP contribution in [0.15, 0.2) is 17.3 Å². The van der Waals surface area contributed by atoms with Crippen molar-refractivity contribution in [3.63, 3.8) is 0 Å². The van der Waals surface area contributed by atoms with E-state index < -0.39 is 0 Å². The maximum atomic E-state index is 4.71. The van der Waals surface area contributed by atoms with Gasteiger partial charge in [0.15, 0.2) is 0 Å². The maximum absolute atomic E-state index is 4.71. The lowest BCUT2D eigenvalue weighted by Gasteiger charge is -1.92. The van der Waals surface area contributed by atoms with Crippen LogP contribution in [-0.4, -0.2) is 19.9 Å². The zero-order valence-corrected chi connectivity index (χ0v) is 5.35. The smallest absolute Gasteiger partial charge is 0.129 e. The van der Waals surface area contributed by atoms with Crippen molar-refractivity contribution in [2.75, 3.05) is 13.7 Å². The first-order valence-electron chi connectivity index (χ1n) is 2.54. The van der Waals surface area contributed by atoms with Gasteiger partial charge in [0.2, 0.25) is 0 Å². The molecule has 0 N–H and O–H groups in total. The van der Waals surface area contributed by atoms with E-state index in [0.717, 1.165) is 6.54 Å². The van der Waals surface area contributed by atoms with E-state index in [0.29, 0.717) is 5.76 Å². The summed E-state index contributed by atoms with van der Waals surface area (Å²) < 4.78 is 4.71. The first-order valence-corrected chi connectivity index (χ1v) is 2.54. The van der Waals surface area contributed by atoms with Crippen molar-refractivity contribution in [1.29, 1.82) is 0 Å². The summed E-state index contributed by atoms with van der Waals surface area (Å²) in [5.41, 5.74) is 0. The predicted molar refractivity (Wildman–Crippen MR) is 35.2 cm³/mol. The zero-order valence-electron chi connectivity index (χ0n) is 5.35. The SMILES string of the molecule is C=C(/C=N\CC)OC. The van der Waals surface area contributed by atoms with E-state index in [4.69, 9.17) is 4.74 Å². The minimum Gasteiger partial charge on any atom is -0.496 e. The van der Waals surface area contributed by atoms with Crippen molar-refractivity contribution >= 4 is 6.21 Å². The van der Waals surface area contributed by atoms with E-state index in [1.54, 1.807) is 13.3 Å². The third-order valence-corrected chi connectivity index (χ3v) is 0.680. The first kappa shape index (κ1) is 7.21. The quantitative estimate of drug-likeness (QED) is 0.398. The minimum absolute atomic E-state index is 0.604. The molecule has 2 heteroatoms. The third kappa shape index (κ3) is 3.40. The number of hydrogen-bond acceptors (Lipinski definition) is 2. The van der Waals surface area contributed by atoms with E-state index in [-0.39, 0.29) is 0 Å². The van der Waals surface area contributed by atoms with Crippen LogP contribution in [0.2, 0.25) is 0 Å². The number of hydrogen-bond donors (Lipinski definition) is 0. The number of allylic oxidation sites excluding steroid dienone is 1. The molecule has 0 aromatic carbocycles. The number of rotatable bonds is 3. The summed E-state index contributed by atoms with van der Waals surface area (Å²) in [6.07, 6.45) is 1.61. The molecule has 0 aromatic rings. The first-order chi connectivity index (χ1) is 3.81. The van der Waals surface area contributed by atoms with E-state index in [1.165, 1.54) is 0 Å². The molecular formula is C6H11NO. The summed E-state index contributed by atoms with van der Waals surface area (Å²) in [7, 11) is 1.57. The van der Waals surface area contributed by atoms with Crippen molar-refractivity contribution < 1.29 is 4.74 Å². The van der Waals surface area contributed by atoms with Crippen LogP contribution in [0.1, 0.15) is 6.92 Å². The molecule has 0 aromatic heterocycles. The van der Waals surface area contributed by atoms with Crippen LogP contribution >= 0.6 is 0 Å². The number of aliphatic imine (C=N–C) groups is 1. The van der Waals surface area contributed by atoms with Gasteiger partial charge >= 0.3 is 0 Å². The number of methoxy groups -OCH3 is 1. The van der Waals surface area contributed by atoms with Crippen LogP contribution in [0.3, 0.4) is 0 Å². The molecule has 8 heavy (non-hydrogen) atoms. The highest BCUT2D eigenvalue weighted by atomic mass is 16.5. The van der Waals surface area contributed by atoms with Gasteiger partial charge in [0.05, 0.1) is 13.3 Å². The Morgan fingerprint density at radius 1 is 1.88 bits per heavy atom. The van der Waals surface area contributed by atoms with Crippen molar-refractivity contribution in [3.8, 4) is 0 Å². The molecule has 0 saturated heterocycles. The minimum atomic E-state index is 0.604. The van der Waals surface area contributed by atoms with Gasteiger partial charge in [-0.15, -0.1) is 0 Å². The van der Waals surface area contributed by atoms with Crippen LogP contribution in [0.25, 0.3) is 0 Å². The lowest BCUT2D eigenvalue weighted by molar-refractivity contribution is 0.319. The zero-order chi connectivity index (χ0) is 6.41. The van der Waals surface area contributed by atoms with Crippen molar-refractivity contribution in [1.82, 2.24) is 0 Å². The number of nitrogens with zero attached hydrogens (tertiary/aromatic N) is 1. The highest BCUT2D eigenvalue weighted by Crippen LogP contribution is 1.82. The molecule has 2 nitrogen and oxygen atoms in total. The molecule has 0 rings (SSSR count). The Balaban J connectivity index is 3.37. The Morgan fingerprint density at radius 3 is 2.88 bits per heavy atom. The van der Waals surface area contributed by atoms with E-state index in [2.05, 4.69) is 11.6 Å². The Kier molecular flexibility index (Phi) is 3.94. The molecule has 0 radical (unpaired) electrons. The van der Waals surface area contributed by atoms with Gasteiger partial charge in [0, 0.05) is 6.54 Å². The topological polar surface area (TPSA) is 21.6 Å². The Labute approximate surface area is 49.9 Å². The normalized spacial score (nSPS) is 9.75. The van der Waals surface area contributed by atoms with Gasteiger partial charge in [-0.05, 0) is 6.92 Å². The summed E-state index contributed by atoms with van der Waals surface area (Å²) >= 11 is 0. The van der Waals surface area contributed by atoms with Gasteiger partial charge in [-0.25, -0.2) is 0 Å². The Bertz CT molecular complexity index is 96.7. The van der Waals surface area contributed by atoms with E-state index in [1.807, 2.05) is 6.92 Å². The number of ether oxygens (including phenoxy) is 1. The molecule has 0 fully saturated rings. The molecule has 0 bridgehead atoms. The van der Waals surface area contributed by atoms with Gasteiger partial charge in [0.25, 0.3) is 0 Å². The molecule has 0 aliphatic rings. The summed E-state index contributed by atoms with van der Waals surface area (Å²) in [4.78, 5) is 3.89. The Hall–Kier alpha value is -0.790. The van der Waals surface area contributed by atoms with Gasteiger partial charge in [0.1, 0.15) is 5.76 Å². The summed E-state index contributed by atoms with van der Waals surface area (Å²) in [6.45, 7) is 6.28. The van der Waals surface area contributed by atoms with Gasteiger partial charge in [-0.3, -0.25) is 4.99 Å². The van der Waals surface area contributed by atoms with E-state index in [9.17, 15) is 0 Å². The van der Waals surface area contributed by atoms with Crippen molar-refractivity contribution in [2.24, 2.45) is 4.99 Å². The van der Waals surface area contributed by atoms with Crippen LogP contribution in [0.5, 0.6) is 0 Å². The molecular weight excluding hydrogens is 102 g/mol. The monoisotopic (exact) mass is 113 g/mol.